The van der Waals surface area contributed by atoms with E-state index in [4.69, 9.17) is 0 Å². The van der Waals surface area contributed by atoms with Crippen LogP contribution in [0.15, 0.2) is 60.8 Å². The van der Waals surface area contributed by atoms with Crippen molar-refractivity contribution in [3.63, 3.8) is 0 Å². The summed E-state index contributed by atoms with van der Waals surface area (Å²) in [6.45, 7) is 1.08. The summed E-state index contributed by atoms with van der Waals surface area (Å²) in [5.41, 5.74) is 3.00. The van der Waals surface area contributed by atoms with E-state index in [9.17, 15) is 14.4 Å². The molecule has 3 aromatic rings. The van der Waals surface area contributed by atoms with Crippen LogP contribution < -0.4 is 15.5 Å². The molecule has 0 bridgehead atoms. The lowest BCUT2D eigenvalue weighted by molar-refractivity contribution is -0.126. The number of carbonyl (C=O) groups is 3. The maximum absolute atomic E-state index is 12.4. The Balaban J connectivity index is 1.16. The van der Waals surface area contributed by atoms with Gasteiger partial charge in [-0.25, -0.2) is 0 Å². The fourth-order valence-corrected chi connectivity index (χ4v) is 3.95. The molecule has 7 heteroatoms. The highest BCUT2D eigenvalue weighted by Crippen LogP contribution is 2.24. The molecule has 160 valence electrons. The van der Waals surface area contributed by atoms with E-state index in [-0.39, 0.29) is 30.1 Å². The van der Waals surface area contributed by atoms with Crippen molar-refractivity contribution in [2.75, 3.05) is 24.5 Å². The van der Waals surface area contributed by atoms with Gasteiger partial charge in [0.25, 0.3) is 0 Å². The first-order valence-corrected chi connectivity index (χ1v) is 10.6. The normalized spacial score (nSPS) is 15.9. The number of nitrogens with one attached hydrogen (secondary N) is 3. The Kier molecular flexibility index (Phi) is 6.31. The number of aryl methyl sites for hydroxylation is 1. The summed E-state index contributed by atoms with van der Waals surface area (Å²) in [6.07, 6.45) is 3.19. The molecule has 1 saturated heterocycles. The molecule has 0 radical (unpaired) electrons. The third kappa shape index (κ3) is 4.94. The van der Waals surface area contributed by atoms with Gasteiger partial charge in [-0.05, 0) is 30.2 Å². The van der Waals surface area contributed by atoms with Crippen molar-refractivity contribution in [3.05, 3.63) is 66.4 Å². The highest BCUT2D eigenvalue weighted by molar-refractivity contribution is 6.00. The maximum atomic E-state index is 12.4. The number of para-hydroxylation sites is 2. The molecule has 1 aromatic heterocycles. The molecule has 1 aliphatic heterocycles. The summed E-state index contributed by atoms with van der Waals surface area (Å²) in [6, 6.07) is 17.4. The van der Waals surface area contributed by atoms with Gasteiger partial charge in [0.05, 0.1) is 5.92 Å². The van der Waals surface area contributed by atoms with Crippen LogP contribution in [0.5, 0.6) is 0 Å². The van der Waals surface area contributed by atoms with Crippen molar-refractivity contribution in [2.24, 2.45) is 5.92 Å². The van der Waals surface area contributed by atoms with Gasteiger partial charge >= 0.3 is 0 Å². The minimum absolute atomic E-state index is 0.0445. The van der Waals surface area contributed by atoms with E-state index in [1.807, 2.05) is 60.8 Å². The van der Waals surface area contributed by atoms with E-state index in [1.54, 1.807) is 4.90 Å². The monoisotopic (exact) mass is 418 g/mol. The number of H-pyrrole nitrogens is 1. The number of amides is 3. The molecule has 1 fully saturated rings. The molecule has 0 aliphatic carbocycles. The van der Waals surface area contributed by atoms with E-state index in [0.717, 1.165) is 22.2 Å². The van der Waals surface area contributed by atoms with Crippen LogP contribution in [0.2, 0.25) is 0 Å². The molecule has 1 aliphatic rings. The number of carbonyl (C=O) groups excluding carboxylic acids is 3. The molecule has 4 rings (SSSR count). The predicted molar refractivity (Wildman–Crippen MR) is 120 cm³/mol. The molecule has 2 aromatic carbocycles. The number of fused-ring (bicyclic) bond motifs is 1. The zero-order valence-electron chi connectivity index (χ0n) is 17.3. The van der Waals surface area contributed by atoms with E-state index in [0.29, 0.717) is 32.5 Å². The lowest BCUT2D eigenvalue weighted by Gasteiger charge is -2.16. The average Bonchev–Trinajstić information content (AvgIpc) is 3.39. The first kappa shape index (κ1) is 20.7. The Hall–Kier alpha value is -3.61. The van der Waals surface area contributed by atoms with Gasteiger partial charge in [-0.15, -0.1) is 0 Å². The minimum atomic E-state index is -0.370. The van der Waals surface area contributed by atoms with E-state index in [2.05, 4.69) is 15.6 Å². The molecular formula is C24H26N4O3. The molecule has 3 amide bonds. The van der Waals surface area contributed by atoms with Crippen LogP contribution in [0, 0.1) is 5.92 Å². The summed E-state index contributed by atoms with van der Waals surface area (Å²) in [5.74, 6) is -0.618. The first-order valence-electron chi connectivity index (χ1n) is 10.6. The number of benzene rings is 2. The largest absolute Gasteiger partial charge is 0.361 e. The highest BCUT2D eigenvalue weighted by Gasteiger charge is 2.34. The standard InChI is InChI=1S/C24H26N4O3/c29-22(11-10-17-15-27-21-9-5-4-8-20(17)21)25-12-13-26-24(31)18-14-23(30)28(16-18)19-6-2-1-3-7-19/h1-9,15,18,27H,10-14,16H2,(H,25,29)(H,26,31)/t18-/m0/s1. The SMILES string of the molecule is O=C(CCc1c[nH]c2ccccc12)NCCNC(=O)[C@H]1CC(=O)N(c2ccccc2)C1. The lowest BCUT2D eigenvalue weighted by Crippen LogP contribution is -2.38. The quantitative estimate of drug-likeness (QED) is 0.490. The number of aromatic amines is 1. The van der Waals surface area contributed by atoms with Gasteiger partial charge < -0.3 is 20.5 Å². The molecule has 31 heavy (non-hydrogen) atoms. The number of nitrogens with zero attached hydrogens (tertiary/aromatic N) is 1. The molecule has 0 spiro atoms. The topological polar surface area (TPSA) is 94.3 Å². The third-order valence-corrected chi connectivity index (χ3v) is 5.61. The van der Waals surface area contributed by atoms with E-state index in [1.165, 1.54) is 0 Å². The predicted octanol–water partition coefficient (Wildman–Crippen LogP) is 2.39. The third-order valence-electron chi connectivity index (χ3n) is 5.61. The van der Waals surface area contributed by atoms with Crippen molar-refractivity contribution in [3.8, 4) is 0 Å². The van der Waals surface area contributed by atoms with Gasteiger partial charge in [-0.1, -0.05) is 36.4 Å². The molecule has 0 unspecified atom stereocenters. The van der Waals surface area contributed by atoms with Crippen LogP contribution in [-0.2, 0) is 20.8 Å². The van der Waals surface area contributed by atoms with Gasteiger partial charge in [0.15, 0.2) is 0 Å². The second-order valence-corrected chi connectivity index (χ2v) is 7.74. The number of anilines is 1. The molecule has 0 saturated carbocycles. The molecule has 1 atom stereocenters. The second-order valence-electron chi connectivity index (χ2n) is 7.74. The maximum Gasteiger partial charge on any atom is 0.227 e. The molecule has 3 N–H and O–H groups in total. The van der Waals surface area contributed by atoms with Crippen LogP contribution in [0.3, 0.4) is 0 Å². The lowest BCUT2D eigenvalue weighted by atomic mass is 10.1. The number of hydrogen-bond donors (Lipinski definition) is 3. The van der Waals surface area contributed by atoms with Crippen molar-refractivity contribution in [1.82, 2.24) is 15.6 Å². The highest BCUT2D eigenvalue weighted by atomic mass is 16.2. The van der Waals surface area contributed by atoms with Crippen molar-refractivity contribution in [1.29, 1.82) is 0 Å². The van der Waals surface area contributed by atoms with Crippen molar-refractivity contribution < 1.29 is 14.4 Å². The smallest absolute Gasteiger partial charge is 0.227 e. The Morgan fingerprint density at radius 2 is 1.74 bits per heavy atom. The van der Waals surface area contributed by atoms with Gasteiger partial charge in [0, 0.05) is 55.3 Å². The van der Waals surface area contributed by atoms with Crippen molar-refractivity contribution in [2.45, 2.75) is 19.3 Å². The number of aromatic nitrogens is 1. The number of rotatable bonds is 8. The average molecular weight is 418 g/mol. The van der Waals surface area contributed by atoms with E-state index >= 15 is 0 Å². The Morgan fingerprint density at radius 3 is 2.58 bits per heavy atom. The van der Waals surface area contributed by atoms with Crippen LogP contribution in [0.25, 0.3) is 10.9 Å². The Labute approximate surface area is 180 Å². The molecule has 2 heterocycles. The molecule has 7 nitrogen and oxygen atoms in total. The fourth-order valence-electron chi connectivity index (χ4n) is 3.95. The molecular weight excluding hydrogens is 392 g/mol. The van der Waals surface area contributed by atoms with Crippen LogP contribution >= 0.6 is 0 Å². The summed E-state index contributed by atoms with van der Waals surface area (Å²) in [5, 5.41) is 6.81. The van der Waals surface area contributed by atoms with Crippen LogP contribution in [0.1, 0.15) is 18.4 Å². The summed E-state index contributed by atoms with van der Waals surface area (Å²) >= 11 is 0. The van der Waals surface area contributed by atoms with Gasteiger partial charge in [-0.3, -0.25) is 14.4 Å². The van der Waals surface area contributed by atoms with Gasteiger partial charge in [-0.2, -0.15) is 0 Å². The minimum Gasteiger partial charge on any atom is -0.361 e. The summed E-state index contributed by atoms with van der Waals surface area (Å²) in [7, 11) is 0. The summed E-state index contributed by atoms with van der Waals surface area (Å²) < 4.78 is 0. The Bertz CT molecular complexity index is 1080. The Morgan fingerprint density at radius 1 is 1.00 bits per heavy atom. The fraction of sp³-hybridized carbons (Fsp3) is 0.292. The number of hydrogen-bond acceptors (Lipinski definition) is 3. The van der Waals surface area contributed by atoms with Gasteiger partial charge in [0.1, 0.15) is 0 Å². The van der Waals surface area contributed by atoms with Crippen LogP contribution in [0.4, 0.5) is 5.69 Å². The van der Waals surface area contributed by atoms with E-state index < -0.39 is 0 Å². The second kappa shape index (κ2) is 9.47. The summed E-state index contributed by atoms with van der Waals surface area (Å²) in [4.78, 5) is 41.7. The van der Waals surface area contributed by atoms with Crippen LogP contribution in [-0.4, -0.2) is 42.3 Å². The van der Waals surface area contributed by atoms with Gasteiger partial charge in [0.2, 0.25) is 17.7 Å². The first-order chi connectivity index (χ1) is 15.1. The zero-order chi connectivity index (χ0) is 21.6. The zero-order valence-corrected chi connectivity index (χ0v) is 17.3. The van der Waals surface area contributed by atoms with Crippen molar-refractivity contribution >= 4 is 34.3 Å².